The van der Waals surface area contributed by atoms with Gasteiger partial charge in [0.1, 0.15) is 0 Å². The van der Waals surface area contributed by atoms with E-state index in [1.807, 2.05) is 11.3 Å². The van der Waals surface area contributed by atoms with Crippen molar-refractivity contribution in [3.05, 3.63) is 22.4 Å². The molecular formula is C17H27NOS. The van der Waals surface area contributed by atoms with Crippen LogP contribution in [0.15, 0.2) is 17.5 Å². The van der Waals surface area contributed by atoms with Gasteiger partial charge in [-0.3, -0.25) is 0 Å². The van der Waals surface area contributed by atoms with Crippen LogP contribution in [0.2, 0.25) is 0 Å². The minimum Gasteiger partial charge on any atom is -0.377 e. The van der Waals surface area contributed by atoms with E-state index in [0.717, 1.165) is 19.6 Å². The Morgan fingerprint density at radius 2 is 2.20 bits per heavy atom. The van der Waals surface area contributed by atoms with E-state index in [1.54, 1.807) is 0 Å². The molecule has 2 fully saturated rings. The standard InChI is InChI=1S/C17H27NOS/c1-2-18-15-13-16(17(15)9-4-3-5-10-17)19-11-8-14-7-6-12-20-14/h6-7,12,15-16,18H,2-5,8-11,13H2,1H3. The Morgan fingerprint density at radius 1 is 1.35 bits per heavy atom. The van der Waals surface area contributed by atoms with Gasteiger partial charge in [0, 0.05) is 22.8 Å². The molecule has 1 aromatic heterocycles. The Hall–Kier alpha value is -0.380. The van der Waals surface area contributed by atoms with E-state index >= 15 is 0 Å². The molecular weight excluding hydrogens is 266 g/mol. The molecule has 20 heavy (non-hydrogen) atoms. The molecule has 2 unspecified atom stereocenters. The second-order valence-electron chi connectivity index (χ2n) is 6.33. The molecule has 3 rings (SSSR count). The van der Waals surface area contributed by atoms with Crippen molar-refractivity contribution in [3.63, 3.8) is 0 Å². The van der Waals surface area contributed by atoms with Crippen LogP contribution in [0, 0.1) is 5.41 Å². The van der Waals surface area contributed by atoms with Gasteiger partial charge in [0.15, 0.2) is 0 Å². The Kier molecular flexibility index (Phi) is 4.79. The summed E-state index contributed by atoms with van der Waals surface area (Å²) >= 11 is 1.84. The van der Waals surface area contributed by atoms with E-state index in [9.17, 15) is 0 Å². The fraction of sp³-hybridized carbons (Fsp3) is 0.765. The van der Waals surface area contributed by atoms with E-state index in [4.69, 9.17) is 4.74 Å². The predicted molar refractivity (Wildman–Crippen MR) is 85.4 cm³/mol. The van der Waals surface area contributed by atoms with E-state index in [1.165, 1.54) is 43.4 Å². The van der Waals surface area contributed by atoms with Crippen molar-refractivity contribution in [3.8, 4) is 0 Å². The van der Waals surface area contributed by atoms with Crippen molar-refractivity contribution in [2.45, 2.75) is 64.0 Å². The minimum absolute atomic E-state index is 0.462. The number of thiophene rings is 1. The third-order valence-electron chi connectivity index (χ3n) is 5.27. The van der Waals surface area contributed by atoms with Gasteiger partial charge in [0.2, 0.25) is 0 Å². The Labute approximate surface area is 126 Å². The fourth-order valence-corrected chi connectivity index (χ4v) is 4.84. The lowest BCUT2D eigenvalue weighted by atomic mass is 9.55. The first-order chi connectivity index (χ1) is 9.85. The summed E-state index contributed by atoms with van der Waals surface area (Å²) in [5, 5.41) is 5.85. The average molecular weight is 293 g/mol. The molecule has 0 amide bonds. The summed E-state index contributed by atoms with van der Waals surface area (Å²) in [6, 6.07) is 5.05. The molecule has 0 saturated heterocycles. The zero-order chi connectivity index (χ0) is 13.8. The summed E-state index contributed by atoms with van der Waals surface area (Å²) in [4.78, 5) is 1.45. The van der Waals surface area contributed by atoms with Gasteiger partial charge in [-0.2, -0.15) is 0 Å². The summed E-state index contributed by atoms with van der Waals surface area (Å²) in [5.41, 5.74) is 0.462. The summed E-state index contributed by atoms with van der Waals surface area (Å²) in [6.07, 6.45) is 9.76. The lowest BCUT2D eigenvalue weighted by Gasteiger charge is -2.58. The van der Waals surface area contributed by atoms with Crippen LogP contribution in [0.5, 0.6) is 0 Å². The van der Waals surface area contributed by atoms with Crippen LogP contribution in [-0.4, -0.2) is 25.3 Å². The molecule has 0 bridgehead atoms. The van der Waals surface area contributed by atoms with E-state index in [2.05, 4.69) is 29.8 Å². The first-order valence-corrected chi connectivity index (χ1v) is 9.10. The van der Waals surface area contributed by atoms with Crippen molar-refractivity contribution < 1.29 is 4.74 Å². The Morgan fingerprint density at radius 3 is 2.90 bits per heavy atom. The molecule has 1 heterocycles. The maximum Gasteiger partial charge on any atom is 0.0661 e. The number of nitrogens with one attached hydrogen (secondary N) is 1. The molecule has 2 nitrogen and oxygen atoms in total. The summed E-state index contributed by atoms with van der Waals surface area (Å²) < 4.78 is 6.29. The largest absolute Gasteiger partial charge is 0.377 e. The Balaban J connectivity index is 1.53. The first kappa shape index (κ1) is 14.6. The van der Waals surface area contributed by atoms with E-state index < -0.39 is 0 Å². The highest BCUT2D eigenvalue weighted by Gasteiger charge is 2.55. The molecule has 0 aromatic carbocycles. The average Bonchev–Trinajstić information content (AvgIpc) is 3.00. The molecule has 2 atom stereocenters. The normalized spacial score (nSPS) is 28.4. The molecule has 0 aliphatic heterocycles. The minimum atomic E-state index is 0.462. The van der Waals surface area contributed by atoms with Crippen molar-refractivity contribution in [2.75, 3.05) is 13.2 Å². The van der Waals surface area contributed by atoms with Gasteiger partial charge in [-0.15, -0.1) is 11.3 Å². The highest BCUT2D eigenvalue weighted by atomic mass is 32.1. The van der Waals surface area contributed by atoms with Gasteiger partial charge in [-0.25, -0.2) is 0 Å². The van der Waals surface area contributed by atoms with Crippen molar-refractivity contribution in [2.24, 2.45) is 5.41 Å². The van der Waals surface area contributed by atoms with Crippen LogP contribution < -0.4 is 5.32 Å². The van der Waals surface area contributed by atoms with Gasteiger partial charge >= 0.3 is 0 Å². The first-order valence-electron chi connectivity index (χ1n) is 8.22. The second kappa shape index (κ2) is 6.59. The van der Waals surface area contributed by atoms with Crippen molar-refractivity contribution in [1.82, 2.24) is 5.32 Å². The molecule has 2 aliphatic carbocycles. The topological polar surface area (TPSA) is 21.3 Å². The van der Waals surface area contributed by atoms with Crippen LogP contribution in [0.1, 0.15) is 50.3 Å². The van der Waals surface area contributed by atoms with Crippen molar-refractivity contribution in [1.29, 1.82) is 0 Å². The summed E-state index contributed by atoms with van der Waals surface area (Å²) in [5.74, 6) is 0. The van der Waals surface area contributed by atoms with E-state index in [0.29, 0.717) is 17.6 Å². The zero-order valence-electron chi connectivity index (χ0n) is 12.6. The highest BCUT2D eigenvalue weighted by Crippen LogP contribution is 2.53. The lowest BCUT2D eigenvalue weighted by Crippen LogP contribution is -2.64. The quantitative estimate of drug-likeness (QED) is 0.855. The molecule has 3 heteroatoms. The maximum absolute atomic E-state index is 6.29. The fourth-order valence-electron chi connectivity index (χ4n) is 4.15. The van der Waals surface area contributed by atoms with Gasteiger partial charge < -0.3 is 10.1 Å². The third kappa shape index (κ3) is 2.81. The molecule has 112 valence electrons. The third-order valence-corrected chi connectivity index (χ3v) is 6.20. The molecule has 1 spiro atoms. The van der Waals surface area contributed by atoms with Gasteiger partial charge in [0.05, 0.1) is 12.7 Å². The SMILES string of the molecule is CCNC1CC(OCCc2cccs2)C12CCCCC2. The number of hydrogen-bond acceptors (Lipinski definition) is 3. The van der Waals surface area contributed by atoms with Crippen LogP contribution >= 0.6 is 11.3 Å². The highest BCUT2D eigenvalue weighted by molar-refractivity contribution is 7.09. The lowest BCUT2D eigenvalue weighted by molar-refractivity contribution is -0.151. The van der Waals surface area contributed by atoms with Crippen LogP contribution in [0.25, 0.3) is 0 Å². The monoisotopic (exact) mass is 293 g/mol. The molecule has 0 radical (unpaired) electrons. The van der Waals surface area contributed by atoms with Crippen LogP contribution in [0.4, 0.5) is 0 Å². The number of hydrogen-bond donors (Lipinski definition) is 1. The van der Waals surface area contributed by atoms with E-state index in [-0.39, 0.29) is 0 Å². The number of ether oxygens (including phenoxy) is 1. The van der Waals surface area contributed by atoms with Crippen molar-refractivity contribution >= 4 is 11.3 Å². The smallest absolute Gasteiger partial charge is 0.0661 e. The van der Waals surface area contributed by atoms with Gasteiger partial charge in [-0.05, 0) is 37.3 Å². The zero-order valence-corrected chi connectivity index (χ0v) is 13.4. The molecule has 2 saturated carbocycles. The van der Waals surface area contributed by atoms with Gasteiger partial charge in [-0.1, -0.05) is 32.3 Å². The second-order valence-corrected chi connectivity index (χ2v) is 7.36. The molecule has 1 aromatic rings. The van der Waals surface area contributed by atoms with Crippen LogP contribution in [-0.2, 0) is 11.2 Å². The van der Waals surface area contributed by atoms with Crippen LogP contribution in [0.3, 0.4) is 0 Å². The Bertz CT molecular complexity index is 397. The predicted octanol–water partition coefficient (Wildman–Crippen LogP) is 4.01. The maximum atomic E-state index is 6.29. The van der Waals surface area contributed by atoms with Gasteiger partial charge in [0.25, 0.3) is 0 Å². The summed E-state index contributed by atoms with van der Waals surface area (Å²) in [6.45, 7) is 4.21. The summed E-state index contributed by atoms with van der Waals surface area (Å²) in [7, 11) is 0. The number of rotatable bonds is 6. The molecule has 1 N–H and O–H groups in total. The molecule has 2 aliphatic rings.